The Hall–Kier alpha value is -2.39. The number of hydrogen-bond donors (Lipinski definition) is 0. The third kappa shape index (κ3) is 4.84. The number of amides is 1. The fourth-order valence-corrected chi connectivity index (χ4v) is 4.93. The number of hydrogen-bond acceptors (Lipinski definition) is 7. The molecule has 7 nitrogen and oxygen atoms in total. The van der Waals surface area contributed by atoms with Crippen molar-refractivity contribution in [1.82, 2.24) is 19.7 Å². The topological polar surface area (TPSA) is 67.2 Å². The highest BCUT2D eigenvalue weighted by Gasteiger charge is 2.15. The van der Waals surface area contributed by atoms with Crippen LogP contribution in [0.4, 0.5) is 10.8 Å². The van der Waals surface area contributed by atoms with Gasteiger partial charge >= 0.3 is 0 Å². The Bertz CT molecular complexity index is 978. The van der Waals surface area contributed by atoms with Crippen molar-refractivity contribution in [3.05, 3.63) is 35.3 Å². The van der Waals surface area contributed by atoms with E-state index in [4.69, 9.17) is 0 Å². The average molecular weight is 445 g/mol. The average Bonchev–Trinajstić information content (AvgIpc) is 3.39. The first-order valence-electron chi connectivity index (χ1n) is 10.1. The molecule has 0 fully saturated rings. The third-order valence-corrected chi connectivity index (χ3v) is 6.90. The highest BCUT2D eigenvalue weighted by atomic mass is 32.2. The fraction of sp³-hybridized carbons (Fsp3) is 0.429. The van der Waals surface area contributed by atoms with Gasteiger partial charge in [-0.3, -0.25) is 9.69 Å². The maximum Gasteiger partial charge on any atom is 0.225 e. The Morgan fingerprint density at radius 2 is 1.83 bits per heavy atom. The molecule has 3 rings (SSSR count). The van der Waals surface area contributed by atoms with Crippen LogP contribution in [-0.4, -0.2) is 45.8 Å². The summed E-state index contributed by atoms with van der Waals surface area (Å²) in [4.78, 5) is 19.9. The molecule has 0 saturated carbocycles. The maximum absolute atomic E-state index is 11.5. The van der Waals surface area contributed by atoms with Crippen LogP contribution in [0.1, 0.15) is 33.4 Å². The van der Waals surface area contributed by atoms with E-state index in [0.29, 0.717) is 10.9 Å². The van der Waals surface area contributed by atoms with Crippen molar-refractivity contribution in [2.75, 3.05) is 29.9 Å². The normalized spacial score (nSPS) is 11.0. The van der Waals surface area contributed by atoms with Crippen molar-refractivity contribution in [1.29, 1.82) is 0 Å². The van der Waals surface area contributed by atoms with Crippen molar-refractivity contribution in [2.45, 2.75) is 45.1 Å². The number of anilines is 2. The zero-order valence-corrected chi connectivity index (χ0v) is 19.8. The van der Waals surface area contributed by atoms with E-state index in [-0.39, 0.29) is 5.91 Å². The Kier molecular flexibility index (Phi) is 7.49. The fourth-order valence-electron chi connectivity index (χ4n) is 3.09. The molecule has 0 saturated heterocycles. The smallest absolute Gasteiger partial charge is 0.225 e. The van der Waals surface area contributed by atoms with Gasteiger partial charge < -0.3 is 9.47 Å². The van der Waals surface area contributed by atoms with E-state index < -0.39 is 0 Å². The molecule has 9 heteroatoms. The molecule has 3 aromatic rings. The highest BCUT2D eigenvalue weighted by molar-refractivity contribution is 7.98. The van der Waals surface area contributed by atoms with Crippen molar-refractivity contribution >= 4 is 39.8 Å². The van der Waals surface area contributed by atoms with Gasteiger partial charge in [-0.25, -0.2) is 4.98 Å². The Morgan fingerprint density at radius 3 is 2.43 bits per heavy atom. The van der Waals surface area contributed by atoms with Gasteiger partial charge in [0.05, 0.1) is 5.69 Å². The lowest BCUT2D eigenvalue weighted by Gasteiger charge is -2.21. The summed E-state index contributed by atoms with van der Waals surface area (Å²) in [6, 6.07) is 8.52. The number of benzene rings is 1. The molecular formula is C21H28N6OS2. The molecule has 1 amide bonds. The van der Waals surface area contributed by atoms with E-state index in [2.05, 4.69) is 69.7 Å². The molecule has 2 heterocycles. The lowest BCUT2D eigenvalue weighted by atomic mass is 10.2. The second-order valence-electron chi connectivity index (χ2n) is 6.76. The largest absolute Gasteiger partial charge is 0.372 e. The first-order chi connectivity index (χ1) is 14.5. The molecule has 0 radical (unpaired) electrons. The number of thiazole rings is 1. The summed E-state index contributed by atoms with van der Waals surface area (Å²) >= 11 is 3.09. The molecule has 0 N–H and O–H groups in total. The molecule has 30 heavy (non-hydrogen) atoms. The predicted octanol–water partition coefficient (Wildman–Crippen LogP) is 4.54. The molecule has 0 aliphatic carbocycles. The molecule has 1 aromatic carbocycles. The van der Waals surface area contributed by atoms with Crippen LogP contribution in [0.15, 0.2) is 34.8 Å². The number of aromatic nitrogens is 4. The van der Waals surface area contributed by atoms with Crippen molar-refractivity contribution in [3.8, 4) is 11.4 Å². The van der Waals surface area contributed by atoms with Gasteiger partial charge in [0.1, 0.15) is 0 Å². The number of carbonyl (C=O) groups excluding carboxylic acids is 1. The van der Waals surface area contributed by atoms with E-state index in [9.17, 15) is 4.79 Å². The number of rotatable bonds is 9. The quantitative estimate of drug-likeness (QED) is 0.451. The van der Waals surface area contributed by atoms with Crippen LogP contribution in [0.5, 0.6) is 0 Å². The van der Waals surface area contributed by atoms with Gasteiger partial charge in [-0.05, 0) is 45.0 Å². The highest BCUT2D eigenvalue weighted by Crippen LogP contribution is 2.29. The summed E-state index contributed by atoms with van der Waals surface area (Å²) in [5, 5.41) is 12.4. The van der Waals surface area contributed by atoms with Gasteiger partial charge in [0.15, 0.2) is 16.1 Å². The SMILES string of the molecule is CCN(CC)c1ccc(-c2nnc(SCc3csc(N(C)C(C)=O)n3)n2CC)cc1. The van der Waals surface area contributed by atoms with Crippen LogP contribution < -0.4 is 9.80 Å². The summed E-state index contributed by atoms with van der Waals surface area (Å²) in [6.45, 7) is 10.7. The summed E-state index contributed by atoms with van der Waals surface area (Å²) in [5.74, 6) is 1.54. The molecule has 160 valence electrons. The molecule has 0 spiro atoms. The summed E-state index contributed by atoms with van der Waals surface area (Å²) < 4.78 is 2.13. The van der Waals surface area contributed by atoms with Gasteiger partial charge in [-0.15, -0.1) is 21.5 Å². The van der Waals surface area contributed by atoms with Gasteiger partial charge in [0.25, 0.3) is 0 Å². The first-order valence-corrected chi connectivity index (χ1v) is 11.9. The number of nitrogens with zero attached hydrogens (tertiary/aromatic N) is 6. The third-order valence-electron chi connectivity index (χ3n) is 4.94. The summed E-state index contributed by atoms with van der Waals surface area (Å²) in [7, 11) is 1.74. The molecule has 0 unspecified atom stereocenters. The minimum Gasteiger partial charge on any atom is -0.372 e. The lowest BCUT2D eigenvalue weighted by molar-refractivity contribution is -0.116. The molecule has 0 bridgehead atoms. The Balaban J connectivity index is 1.74. The molecule has 2 aromatic heterocycles. The van der Waals surface area contributed by atoms with Crippen LogP contribution in [0.25, 0.3) is 11.4 Å². The van der Waals surface area contributed by atoms with Crippen LogP contribution >= 0.6 is 23.1 Å². The molecule has 0 aliphatic heterocycles. The maximum atomic E-state index is 11.5. The summed E-state index contributed by atoms with van der Waals surface area (Å²) in [6.07, 6.45) is 0. The lowest BCUT2D eigenvalue weighted by Crippen LogP contribution is -2.22. The Morgan fingerprint density at radius 1 is 1.13 bits per heavy atom. The van der Waals surface area contributed by atoms with Gasteiger partial charge in [-0.2, -0.15) is 0 Å². The predicted molar refractivity (Wildman–Crippen MR) is 125 cm³/mol. The van der Waals surface area contributed by atoms with E-state index in [1.165, 1.54) is 23.9 Å². The zero-order chi connectivity index (χ0) is 21.7. The second-order valence-corrected chi connectivity index (χ2v) is 8.54. The van der Waals surface area contributed by atoms with Gasteiger partial charge in [0, 0.05) is 56.0 Å². The van der Waals surface area contributed by atoms with Crippen LogP contribution in [-0.2, 0) is 17.1 Å². The van der Waals surface area contributed by atoms with Crippen molar-refractivity contribution in [3.63, 3.8) is 0 Å². The van der Waals surface area contributed by atoms with Gasteiger partial charge in [-0.1, -0.05) is 11.8 Å². The minimum atomic E-state index is -0.0223. The van der Waals surface area contributed by atoms with Crippen LogP contribution in [0, 0.1) is 0 Å². The zero-order valence-electron chi connectivity index (χ0n) is 18.1. The Labute approximate surface area is 186 Å². The van der Waals surface area contributed by atoms with Crippen LogP contribution in [0.3, 0.4) is 0 Å². The van der Waals surface area contributed by atoms with E-state index in [0.717, 1.165) is 41.9 Å². The van der Waals surface area contributed by atoms with Crippen LogP contribution in [0.2, 0.25) is 0 Å². The van der Waals surface area contributed by atoms with E-state index in [1.54, 1.807) is 23.7 Å². The molecule has 0 atom stereocenters. The standard InChI is InChI=1S/C21H28N6OS2/c1-6-26(7-2)18-11-9-16(10-12-18)19-23-24-21(27(19)8-3)30-14-17-13-29-20(22-17)25(5)15(4)28/h9-13H,6-8,14H2,1-5H3. The number of thioether (sulfide) groups is 1. The van der Waals surface area contributed by atoms with E-state index >= 15 is 0 Å². The molecule has 0 aliphatic rings. The number of carbonyl (C=O) groups is 1. The van der Waals surface area contributed by atoms with Crippen molar-refractivity contribution < 1.29 is 4.79 Å². The monoisotopic (exact) mass is 444 g/mol. The summed E-state index contributed by atoms with van der Waals surface area (Å²) in [5.41, 5.74) is 3.21. The minimum absolute atomic E-state index is 0.0223. The van der Waals surface area contributed by atoms with E-state index in [1.807, 2.05) is 5.38 Å². The first kappa shape index (κ1) is 22.3. The molecular weight excluding hydrogens is 416 g/mol. The van der Waals surface area contributed by atoms with Gasteiger partial charge in [0.2, 0.25) is 5.91 Å². The van der Waals surface area contributed by atoms with Crippen molar-refractivity contribution in [2.24, 2.45) is 0 Å². The second kappa shape index (κ2) is 10.1.